The predicted octanol–water partition coefficient (Wildman–Crippen LogP) is 2.85. The fourth-order valence-electron chi connectivity index (χ4n) is 3.81. The number of ether oxygens (including phenoxy) is 2. The van der Waals surface area contributed by atoms with Gasteiger partial charge in [0.1, 0.15) is 11.6 Å². The maximum atomic E-state index is 13.0. The lowest BCUT2D eigenvalue weighted by Crippen LogP contribution is -2.52. The van der Waals surface area contributed by atoms with Gasteiger partial charge in [0.05, 0.1) is 12.0 Å². The molecule has 162 valence electrons. The molecule has 0 aromatic heterocycles. The second-order valence-electron chi connectivity index (χ2n) is 9.02. The van der Waals surface area contributed by atoms with Gasteiger partial charge in [-0.25, -0.2) is 4.79 Å². The number of carbonyl (C=O) groups is 2. The molecule has 6 nitrogen and oxygen atoms in total. The first-order valence-electron chi connectivity index (χ1n) is 10.5. The van der Waals surface area contributed by atoms with E-state index in [1.807, 2.05) is 58.0 Å². The average Bonchev–Trinajstić information content (AvgIpc) is 3.07. The molecule has 29 heavy (non-hydrogen) atoms. The minimum absolute atomic E-state index is 0.129. The minimum atomic E-state index is -0.750. The lowest BCUT2D eigenvalue weighted by atomic mass is 9.95. The first kappa shape index (κ1) is 23.4. The third kappa shape index (κ3) is 7.12. The summed E-state index contributed by atoms with van der Waals surface area (Å²) in [5.74, 6) is -1.03. The van der Waals surface area contributed by atoms with E-state index in [4.69, 9.17) is 9.47 Å². The van der Waals surface area contributed by atoms with E-state index in [2.05, 4.69) is 17.6 Å². The fraction of sp³-hybridized carbons (Fsp3) is 0.652. The zero-order valence-electron chi connectivity index (χ0n) is 18.5. The summed E-state index contributed by atoms with van der Waals surface area (Å²) in [5.41, 5.74) is 0.340. The van der Waals surface area contributed by atoms with Crippen molar-refractivity contribution in [2.75, 3.05) is 7.11 Å². The lowest BCUT2D eigenvalue weighted by Gasteiger charge is -2.30. The van der Waals surface area contributed by atoms with Crippen LogP contribution in [0.5, 0.6) is 0 Å². The lowest BCUT2D eigenvalue weighted by molar-refractivity contribution is -0.159. The van der Waals surface area contributed by atoms with Gasteiger partial charge < -0.3 is 20.1 Å². The van der Waals surface area contributed by atoms with Crippen LogP contribution in [-0.2, 0) is 25.5 Å². The van der Waals surface area contributed by atoms with E-state index in [1.54, 1.807) is 7.11 Å². The van der Waals surface area contributed by atoms with Gasteiger partial charge in [0.2, 0.25) is 5.91 Å². The molecule has 1 aromatic carbocycles. The number of esters is 1. The zero-order chi connectivity index (χ0) is 21.6. The molecule has 0 unspecified atom stereocenters. The van der Waals surface area contributed by atoms with Crippen molar-refractivity contribution in [3.8, 4) is 0 Å². The van der Waals surface area contributed by atoms with Crippen molar-refractivity contribution in [3.05, 3.63) is 35.9 Å². The Morgan fingerprint density at radius 2 is 1.86 bits per heavy atom. The molecule has 1 heterocycles. The maximum Gasteiger partial charge on any atom is 0.329 e. The maximum absolute atomic E-state index is 13.0. The molecular formula is C23H36N2O4. The van der Waals surface area contributed by atoms with E-state index in [1.165, 1.54) is 0 Å². The summed E-state index contributed by atoms with van der Waals surface area (Å²) >= 11 is 0. The molecule has 1 saturated heterocycles. The second-order valence-corrected chi connectivity index (χ2v) is 9.02. The Bertz CT molecular complexity index is 671. The van der Waals surface area contributed by atoms with Gasteiger partial charge in [-0.1, -0.05) is 37.3 Å². The largest absolute Gasteiger partial charge is 0.458 e. The number of benzene rings is 1. The monoisotopic (exact) mass is 404 g/mol. The zero-order valence-corrected chi connectivity index (χ0v) is 18.5. The standard InChI is InChI=1S/C23H36N2O4/c1-15-12-13-18(24-15)20(28-6)16(2)21(26)25-19(22(27)29-23(3,4)5)14-17-10-8-7-9-11-17/h7-11,15-16,18-20,24H,12-14H2,1-6H3,(H,25,26)/t15-,16+,18-,19-,20+/m0/s1. The van der Waals surface area contributed by atoms with Crippen molar-refractivity contribution in [1.82, 2.24) is 10.6 Å². The van der Waals surface area contributed by atoms with Gasteiger partial charge in [0.25, 0.3) is 0 Å². The third-order valence-electron chi connectivity index (χ3n) is 5.27. The van der Waals surface area contributed by atoms with Crippen LogP contribution < -0.4 is 10.6 Å². The molecule has 0 saturated carbocycles. The minimum Gasteiger partial charge on any atom is -0.458 e. The van der Waals surface area contributed by atoms with Gasteiger partial charge >= 0.3 is 5.97 Å². The number of hydrogen-bond acceptors (Lipinski definition) is 5. The number of carbonyl (C=O) groups excluding carboxylic acids is 2. The molecule has 5 atom stereocenters. The van der Waals surface area contributed by atoms with Crippen LogP contribution in [0.1, 0.15) is 53.0 Å². The van der Waals surface area contributed by atoms with E-state index in [0.717, 1.165) is 18.4 Å². The molecule has 0 radical (unpaired) electrons. The normalized spacial score (nSPS) is 22.6. The Morgan fingerprint density at radius 1 is 1.21 bits per heavy atom. The number of amides is 1. The summed E-state index contributed by atoms with van der Waals surface area (Å²) in [7, 11) is 1.63. The topological polar surface area (TPSA) is 76.7 Å². The van der Waals surface area contributed by atoms with Crippen LogP contribution in [0.2, 0.25) is 0 Å². The van der Waals surface area contributed by atoms with E-state index in [9.17, 15) is 9.59 Å². The van der Waals surface area contributed by atoms with E-state index < -0.39 is 23.5 Å². The van der Waals surface area contributed by atoms with Crippen molar-refractivity contribution >= 4 is 11.9 Å². The van der Waals surface area contributed by atoms with E-state index in [0.29, 0.717) is 12.5 Å². The van der Waals surface area contributed by atoms with Gasteiger partial charge in [-0.3, -0.25) is 4.79 Å². The van der Waals surface area contributed by atoms with Crippen molar-refractivity contribution in [2.24, 2.45) is 5.92 Å². The van der Waals surface area contributed by atoms with Crippen LogP contribution in [0.4, 0.5) is 0 Å². The Kier molecular flexibility index (Phi) is 8.23. The molecule has 1 fully saturated rings. The van der Waals surface area contributed by atoms with E-state index in [-0.39, 0.29) is 18.1 Å². The third-order valence-corrected chi connectivity index (χ3v) is 5.27. The number of methoxy groups -OCH3 is 1. The SMILES string of the molecule is CO[C@@H]([C@@H]1CC[C@H](C)N1)[C@@H](C)C(=O)N[C@@H](Cc1ccccc1)C(=O)OC(C)(C)C. The summed E-state index contributed by atoms with van der Waals surface area (Å²) in [4.78, 5) is 25.8. The fourth-order valence-corrected chi connectivity index (χ4v) is 3.81. The van der Waals surface area contributed by atoms with Crippen molar-refractivity contribution in [3.63, 3.8) is 0 Å². The molecule has 1 aliphatic heterocycles. The highest BCUT2D eigenvalue weighted by molar-refractivity contribution is 5.86. The summed E-state index contributed by atoms with van der Waals surface area (Å²) in [6.45, 7) is 9.45. The highest BCUT2D eigenvalue weighted by Gasteiger charge is 2.36. The Balaban J connectivity index is 2.11. The van der Waals surface area contributed by atoms with Gasteiger partial charge in [0, 0.05) is 25.6 Å². The number of hydrogen-bond donors (Lipinski definition) is 2. The Labute approximate surface area is 174 Å². The summed E-state index contributed by atoms with van der Waals surface area (Å²) in [5, 5.41) is 6.41. The van der Waals surface area contributed by atoms with Crippen molar-refractivity contribution in [1.29, 1.82) is 0 Å². The summed E-state index contributed by atoms with van der Waals surface area (Å²) in [6, 6.07) is 9.43. The Morgan fingerprint density at radius 3 is 2.38 bits per heavy atom. The highest BCUT2D eigenvalue weighted by Crippen LogP contribution is 2.22. The molecule has 0 aliphatic carbocycles. The number of rotatable bonds is 8. The van der Waals surface area contributed by atoms with Crippen LogP contribution in [0.25, 0.3) is 0 Å². The molecule has 1 aromatic rings. The molecule has 2 N–H and O–H groups in total. The molecule has 2 rings (SSSR count). The summed E-state index contributed by atoms with van der Waals surface area (Å²) < 4.78 is 11.2. The van der Waals surface area contributed by atoms with Gasteiger partial charge in [-0.2, -0.15) is 0 Å². The Hall–Kier alpha value is -1.92. The van der Waals surface area contributed by atoms with Crippen LogP contribution >= 0.6 is 0 Å². The molecule has 0 bridgehead atoms. The van der Waals surface area contributed by atoms with E-state index >= 15 is 0 Å². The van der Waals surface area contributed by atoms with Crippen LogP contribution in [0, 0.1) is 5.92 Å². The number of nitrogens with one attached hydrogen (secondary N) is 2. The second kappa shape index (κ2) is 10.2. The van der Waals surface area contributed by atoms with Gasteiger partial charge in [-0.15, -0.1) is 0 Å². The molecule has 0 spiro atoms. The first-order valence-corrected chi connectivity index (χ1v) is 10.5. The first-order chi connectivity index (χ1) is 13.6. The quantitative estimate of drug-likeness (QED) is 0.652. The predicted molar refractivity (Wildman–Crippen MR) is 114 cm³/mol. The van der Waals surface area contributed by atoms with Gasteiger partial charge in [-0.05, 0) is 46.1 Å². The van der Waals surface area contributed by atoms with Crippen molar-refractivity contribution in [2.45, 2.75) is 83.7 Å². The molecular weight excluding hydrogens is 368 g/mol. The van der Waals surface area contributed by atoms with Crippen LogP contribution in [-0.4, -0.2) is 48.8 Å². The smallest absolute Gasteiger partial charge is 0.329 e. The van der Waals surface area contributed by atoms with Gasteiger partial charge in [0.15, 0.2) is 0 Å². The molecule has 6 heteroatoms. The molecule has 1 amide bonds. The van der Waals surface area contributed by atoms with Crippen LogP contribution in [0.15, 0.2) is 30.3 Å². The summed E-state index contributed by atoms with van der Waals surface area (Å²) in [6.07, 6.45) is 2.16. The average molecular weight is 405 g/mol. The highest BCUT2D eigenvalue weighted by atomic mass is 16.6. The van der Waals surface area contributed by atoms with Crippen LogP contribution in [0.3, 0.4) is 0 Å². The molecule has 1 aliphatic rings. The van der Waals surface area contributed by atoms with Crippen molar-refractivity contribution < 1.29 is 19.1 Å².